The zero-order chi connectivity index (χ0) is 19.9. The van der Waals surface area contributed by atoms with Crippen LogP contribution >= 0.6 is 0 Å². The first kappa shape index (κ1) is 19.9. The van der Waals surface area contributed by atoms with Crippen molar-refractivity contribution in [3.8, 4) is 0 Å². The van der Waals surface area contributed by atoms with Crippen LogP contribution < -0.4 is 5.32 Å². The monoisotopic (exact) mass is 388 g/mol. The smallest absolute Gasteiger partial charge is 0.257 e. The Balaban J connectivity index is 1.45. The second-order valence-corrected chi connectivity index (χ2v) is 6.57. The van der Waals surface area contributed by atoms with Crippen LogP contribution in [0.5, 0.6) is 0 Å². The van der Waals surface area contributed by atoms with E-state index >= 15 is 0 Å². The van der Waals surface area contributed by atoms with Gasteiger partial charge in [-0.3, -0.25) is 9.59 Å². The van der Waals surface area contributed by atoms with Gasteiger partial charge in [0.2, 0.25) is 5.91 Å². The molecule has 0 spiro atoms. The van der Waals surface area contributed by atoms with Crippen molar-refractivity contribution >= 4 is 11.8 Å². The molecule has 1 heterocycles. The van der Waals surface area contributed by atoms with E-state index in [0.717, 1.165) is 17.7 Å². The minimum Gasteiger partial charge on any atom is -0.370 e. The highest BCUT2D eigenvalue weighted by atomic mass is 19.1. The summed E-state index contributed by atoms with van der Waals surface area (Å²) in [7, 11) is 0. The number of amides is 2. The Hall–Kier alpha value is -2.80. The molecule has 1 unspecified atom stereocenters. The van der Waals surface area contributed by atoms with E-state index in [0.29, 0.717) is 26.1 Å². The zero-order valence-electron chi connectivity index (χ0n) is 15.4. The predicted molar refractivity (Wildman–Crippen MR) is 99.6 cm³/mol. The molecule has 28 heavy (non-hydrogen) atoms. The van der Waals surface area contributed by atoms with Gasteiger partial charge in [0.1, 0.15) is 23.3 Å². The maximum atomic E-state index is 13.6. The molecule has 1 fully saturated rings. The molecule has 1 N–H and O–H groups in total. The van der Waals surface area contributed by atoms with Gasteiger partial charge < -0.3 is 15.0 Å². The number of carbonyl (C=O) groups excluding carboxylic acids is 2. The average molecular weight is 388 g/mol. The van der Waals surface area contributed by atoms with Gasteiger partial charge in [-0.2, -0.15) is 0 Å². The average Bonchev–Trinajstić information content (AvgIpc) is 2.71. The first-order chi connectivity index (χ1) is 13.6. The molecule has 1 aliphatic rings. The Labute approximate surface area is 162 Å². The van der Waals surface area contributed by atoms with Gasteiger partial charge in [0.25, 0.3) is 5.91 Å². The Morgan fingerprint density at radius 1 is 1.07 bits per heavy atom. The quantitative estimate of drug-likeness (QED) is 0.774. The lowest BCUT2D eigenvalue weighted by atomic mass is 10.1. The third kappa shape index (κ3) is 4.92. The van der Waals surface area contributed by atoms with Crippen LogP contribution in [0.2, 0.25) is 0 Å². The topological polar surface area (TPSA) is 58.6 Å². The van der Waals surface area contributed by atoms with E-state index < -0.39 is 23.1 Å². The summed E-state index contributed by atoms with van der Waals surface area (Å²) >= 11 is 0. The number of halogens is 2. The highest BCUT2D eigenvalue weighted by molar-refractivity contribution is 5.94. The predicted octanol–water partition coefficient (Wildman–Crippen LogP) is 3.07. The van der Waals surface area contributed by atoms with Crippen molar-refractivity contribution in [2.75, 3.05) is 26.2 Å². The molecule has 1 atom stereocenters. The fraction of sp³-hybridized carbons (Fsp3) is 0.333. The van der Waals surface area contributed by atoms with Crippen molar-refractivity contribution in [3.63, 3.8) is 0 Å². The van der Waals surface area contributed by atoms with E-state index in [1.165, 1.54) is 6.07 Å². The van der Waals surface area contributed by atoms with Gasteiger partial charge in [-0.25, -0.2) is 8.78 Å². The van der Waals surface area contributed by atoms with Crippen molar-refractivity contribution in [3.05, 3.63) is 71.3 Å². The second kappa shape index (κ2) is 9.41. The molecule has 2 amide bonds. The maximum Gasteiger partial charge on any atom is 0.257 e. The van der Waals surface area contributed by atoms with Crippen molar-refractivity contribution in [2.24, 2.45) is 0 Å². The van der Waals surface area contributed by atoms with Crippen molar-refractivity contribution in [1.29, 1.82) is 0 Å². The van der Waals surface area contributed by atoms with Gasteiger partial charge in [-0.05, 0) is 24.1 Å². The molecular formula is C21H22F2N2O3. The summed E-state index contributed by atoms with van der Waals surface area (Å²) in [5, 5.41) is 2.46. The number of rotatable bonds is 6. The fourth-order valence-electron chi connectivity index (χ4n) is 3.15. The first-order valence-corrected chi connectivity index (χ1v) is 9.23. The Morgan fingerprint density at radius 2 is 1.79 bits per heavy atom. The van der Waals surface area contributed by atoms with Gasteiger partial charge in [0.05, 0.1) is 13.2 Å². The SMILES string of the molecule is O=C(NCCCC(=O)N1CCOC(c2ccccc2)C1)c1c(F)cccc1F. The first-order valence-electron chi connectivity index (χ1n) is 9.23. The molecule has 0 saturated carbocycles. The summed E-state index contributed by atoms with van der Waals surface area (Å²) in [6, 6.07) is 13.0. The van der Waals surface area contributed by atoms with Crippen LogP contribution in [-0.4, -0.2) is 43.0 Å². The highest BCUT2D eigenvalue weighted by Gasteiger charge is 2.25. The number of morpholine rings is 1. The molecule has 7 heteroatoms. The Kier molecular flexibility index (Phi) is 6.71. The van der Waals surface area contributed by atoms with Crippen molar-refractivity contribution in [2.45, 2.75) is 18.9 Å². The third-order valence-electron chi connectivity index (χ3n) is 4.63. The molecule has 0 aliphatic carbocycles. The van der Waals surface area contributed by atoms with E-state index in [9.17, 15) is 18.4 Å². The maximum absolute atomic E-state index is 13.6. The van der Waals surface area contributed by atoms with Crippen molar-refractivity contribution in [1.82, 2.24) is 10.2 Å². The van der Waals surface area contributed by atoms with E-state index in [2.05, 4.69) is 5.32 Å². The Bertz CT molecular complexity index is 809. The molecule has 2 aromatic rings. The number of nitrogens with one attached hydrogen (secondary N) is 1. The molecule has 1 aliphatic heterocycles. The Morgan fingerprint density at radius 3 is 2.50 bits per heavy atom. The lowest BCUT2D eigenvalue weighted by Crippen LogP contribution is -2.42. The fourth-order valence-corrected chi connectivity index (χ4v) is 3.15. The third-order valence-corrected chi connectivity index (χ3v) is 4.63. The molecule has 3 rings (SSSR count). The van der Waals surface area contributed by atoms with E-state index in [4.69, 9.17) is 4.74 Å². The molecular weight excluding hydrogens is 366 g/mol. The lowest BCUT2D eigenvalue weighted by molar-refractivity contribution is -0.139. The van der Waals surface area contributed by atoms with Crippen LogP contribution in [0.3, 0.4) is 0 Å². The summed E-state index contributed by atoms with van der Waals surface area (Å²) in [5.41, 5.74) is 0.423. The van der Waals surface area contributed by atoms with Crippen LogP contribution in [-0.2, 0) is 9.53 Å². The van der Waals surface area contributed by atoms with Gasteiger partial charge in [0, 0.05) is 19.5 Å². The van der Waals surface area contributed by atoms with Crippen LogP contribution in [0, 0.1) is 11.6 Å². The molecule has 2 aromatic carbocycles. The summed E-state index contributed by atoms with van der Waals surface area (Å²) in [6.07, 6.45) is 0.470. The largest absolute Gasteiger partial charge is 0.370 e. The minimum absolute atomic E-state index is 0.0319. The summed E-state index contributed by atoms with van der Waals surface area (Å²) < 4.78 is 32.9. The number of hydrogen-bond donors (Lipinski definition) is 1. The van der Waals surface area contributed by atoms with Crippen LogP contribution in [0.25, 0.3) is 0 Å². The lowest BCUT2D eigenvalue weighted by Gasteiger charge is -2.33. The summed E-state index contributed by atoms with van der Waals surface area (Å²) in [4.78, 5) is 26.1. The second-order valence-electron chi connectivity index (χ2n) is 6.57. The number of nitrogens with zero attached hydrogens (tertiary/aromatic N) is 1. The minimum atomic E-state index is -0.908. The highest BCUT2D eigenvalue weighted by Crippen LogP contribution is 2.22. The molecule has 0 radical (unpaired) electrons. The van der Waals surface area contributed by atoms with Crippen LogP contribution in [0.4, 0.5) is 8.78 Å². The van der Waals surface area contributed by atoms with Crippen LogP contribution in [0.15, 0.2) is 48.5 Å². The molecule has 148 valence electrons. The number of carbonyl (C=O) groups is 2. The molecule has 0 aromatic heterocycles. The molecule has 0 bridgehead atoms. The van der Waals surface area contributed by atoms with E-state index in [1.807, 2.05) is 30.3 Å². The normalized spacial score (nSPS) is 16.6. The van der Waals surface area contributed by atoms with Gasteiger partial charge in [-0.15, -0.1) is 0 Å². The molecule has 5 nitrogen and oxygen atoms in total. The summed E-state index contributed by atoms with van der Waals surface area (Å²) in [5.74, 6) is -2.67. The number of benzene rings is 2. The number of hydrogen-bond acceptors (Lipinski definition) is 3. The standard InChI is InChI=1S/C21H22F2N2O3/c22-16-8-4-9-17(23)20(16)21(27)24-11-5-10-19(26)25-12-13-28-18(14-25)15-6-2-1-3-7-15/h1-4,6-9,18H,5,10-14H2,(H,24,27). The van der Waals surface area contributed by atoms with Gasteiger partial charge >= 0.3 is 0 Å². The number of ether oxygens (including phenoxy) is 1. The zero-order valence-corrected chi connectivity index (χ0v) is 15.4. The molecule has 1 saturated heterocycles. The summed E-state index contributed by atoms with van der Waals surface area (Å²) in [6.45, 7) is 1.63. The van der Waals surface area contributed by atoms with Crippen molar-refractivity contribution < 1.29 is 23.1 Å². The van der Waals surface area contributed by atoms with E-state index in [1.54, 1.807) is 4.90 Å². The van der Waals surface area contributed by atoms with Gasteiger partial charge in [-0.1, -0.05) is 36.4 Å². The van der Waals surface area contributed by atoms with Crippen LogP contribution in [0.1, 0.15) is 34.9 Å². The van der Waals surface area contributed by atoms with E-state index in [-0.39, 0.29) is 25.0 Å². The van der Waals surface area contributed by atoms with Gasteiger partial charge in [0.15, 0.2) is 0 Å².